The third-order valence-electron chi connectivity index (χ3n) is 6.70. The molecule has 4 heteroatoms. The molecule has 0 saturated heterocycles. The molecule has 5 aromatic rings. The number of hydrogen-bond donors (Lipinski definition) is 1. The predicted molar refractivity (Wildman–Crippen MR) is 138 cm³/mol. The molecule has 0 fully saturated rings. The highest BCUT2D eigenvalue weighted by Crippen LogP contribution is 2.45. The molecule has 1 aromatic heterocycles. The van der Waals surface area contributed by atoms with Gasteiger partial charge in [0.15, 0.2) is 0 Å². The van der Waals surface area contributed by atoms with Gasteiger partial charge in [0.1, 0.15) is 0 Å². The van der Waals surface area contributed by atoms with Gasteiger partial charge in [-0.15, -0.1) is 0 Å². The van der Waals surface area contributed by atoms with Crippen LogP contribution in [-0.2, 0) is 6.42 Å². The summed E-state index contributed by atoms with van der Waals surface area (Å²) in [4.78, 5) is 19.3. The molecule has 0 spiro atoms. The first kappa shape index (κ1) is 20.8. The number of nitrogens with zero attached hydrogens (tertiary/aromatic N) is 1. The molecule has 1 unspecified atom stereocenters. The van der Waals surface area contributed by atoms with Crippen LogP contribution in [0.25, 0.3) is 22.2 Å². The fraction of sp³-hybridized carbons (Fsp3) is 0.100. The molecule has 0 aliphatic carbocycles. The third kappa shape index (κ3) is 3.49. The van der Waals surface area contributed by atoms with E-state index < -0.39 is 0 Å². The van der Waals surface area contributed by atoms with Crippen LogP contribution in [0.4, 0.5) is 0 Å². The Labute approximate surface area is 203 Å². The Morgan fingerprint density at radius 3 is 2.32 bits per heavy atom. The van der Waals surface area contributed by atoms with E-state index in [2.05, 4.69) is 41.4 Å². The Morgan fingerprint density at radius 1 is 0.794 bits per heavy atom. The maximum Gasteiger partial charge on any atom is 0.255 e. The van der Waals surface area contributed by atoms with Crippen molar-refractivity contribution in [3.05, 3.63) is 130 Å². The molecule has 0 radical (unpaired) electrons. The third-order valence-corrected chi connectivity index (χ3v) is 6.95. The first-order valence-corrected chi connectivity index (χ1v) is 11.9. The zero-order valence-corrected chi connectivity index (χ0v) is 19.3. The van der Waals surface area contributed by atoms with Crippen molar-refractivity contribution < 1.29 is 4.79 Å². The Balaban J connectivity index is 1.53. The Kier molecular flexibility index (Phi) is 5.20. The number of rotatable bonds is 5. The quantitative estimate of drug-likeness (QED) is 0.293. The van der Waals surface area contributed by atoms with Crippen molar-refractivity contribution in [1.82, 2.24) is 9.88 Å². The van der Waals surface area contributed by atoms with Gasteiger partial charge >= 0.3 is 0 Å². The molecular formula is C30H23ClN2O. The van der Waals surface area contributed by atoms with Gasteiger partial charge in [-0.3, -0.25) is 4.79 Å². The lowest BCUT2D eigenvalue weighted by molar-refractivity contribution is 0.0753. The predicted octanol–water partition coefficient (Wildman–Crippen LogP) is 7.28. The second-order valence-corrected chi connectivity index (χ2v) is 9.13. The number of hydrogen-bond acceptors (Lipinski definition) is 1. The van der Waals surface area contributed by atoms with E-state index in [0.717, 1.165) is 45.3 Å². The number of H-pyrrole nitrogens is 1. The monoisotopic (exact) mass is 462 g/mol. The van der Waals surface area contributed by atoms with Crippen molar-refractivity contribution in [3.63, 3.8) is 0 Å². The Morgan fingerprint density at radius 2 is 1.50 bits per heavy atom. The molecule has 1 atom stereocenters. The molecule has 2 heterocycles. The lowest BCUT2D eigenvalue weighted by Crippen LogP contribution is -2.31. The zero-order chi connectivity index (χ0) is 23.1. The number of fused-ring (bicyclic) bond motifs is 2. The number of carbonyl (C=O) groups is 1. The van der Waals surface area contributed by atoms with Crippen molar-refractivity contribution >= 4 is 28.4 Å². The standard InChI is InChI=1S/C30H23ClN2O/c31-22-16-14-21(15-17-22)28-27(25-12-6-7-13-26(25)32-28)29-23-10-4-5-11-24(23)30(34)33(29)19-18-20-8-2-1-3-9-20/h1-17,29,32H,18-19H2. The van der Waals surface area contributed by atoms with Crippen molar-refractivity contribution in [2.45, 2.75) is 12.5 Å². The van der Waals surface area contributed by atoms with E-state index in [-0.39, 0.29) is 11.9 Å². The topological polar surface area (TPSA) is 36.1 Å². The molecule has 3 nitrogen and oxygen atoms in total. The molecule has 0 bridgehead atoms. The highest BCUT2D eigenvalue weighted by molar-refractivity contribution is 6.30. The van der Waals surface area contributed by atoms with Crippen LogP contribution >= 0.6 is 11.6 Å². The average molecular weight is 463 g/mol. The minimum atomic E-state index is -0.172. The molecule has 1 aliphatic heterocycles. The van der Waals surface area contributed by atoms with Gasteiger partial charge in [0, 0.05) is 33.6 Å². The van der Waals surface area contributed by atoms with Crippen LogP contribution in [0.1, 0.15) is 33.1 Å². The van der Waals surface area contributed by atoms with Crippen LogP contribution < -0.4 is 0 Å². The molecular weight excluding hydrogens is 440 g/mol. The van der Waals surface area contributed by atoms with Crippen molar-refractivity contribution in [1.29, 1.82) is 0 Å². The van der Waals surface area contributed by atoms with Gasteiger partial charge in [-0.25, -0.2) is 0 Å². The molecule has 0 saturated carbocycles. The second-order valence-electron chi connectivity index (χ2n) is 8.69. The first-order chi connectivity index (χ1) is 16.7. The summed E-state index contributed by atoms with van der Waals surface area (Å²) in [5.74, 6) is 0.0869. The van der Waals surface area contributed by atoms with Gasteiger partial charge in [-0.2, -0.15) is 0 Å². The maximum atomic E-state index is 13.7. The normalized spacial score (nSPS) is 15.1. The van der Waals surface area contributed by atoms with E-state index in [1.165, 1.54) is 5.56 Å². The van der Waals surface area contributed by atoms with Crippen LogP contribution in [0.3, 0.4) is 0 Å². The minimum absolute atomic E-state index is 0.0869. The fourth-order valence-electron chi connectivity index (χ4n) is 5.10. The number of nitrogens with one attached hydrogen (secondary N) is 1. The molecule has 1 N–H and O–H groups in total. The number of carbonyl (C=O) groups excluding carboxylic acids is 1. The molecule has 1 amide bonds. The first-order valence-electron chi connectivity index (χ1n) is 11.5. The second kappa shape index (κ2) is 8.51. The number of benzene rings is 4. The van der Waals surface area contributed by atoms with E-state index in [1.54, 1.807) is 0 Å². The van der Waals surface area contributed by atoms with Crippen LogP contribution in [0.5, 0.6) is 0 Å². The summed E-state index contributed by atoms with van der Waals surface area (Å²) in [6.45, 7) is 0.641. The maximum absolute atomic E-state index is 13.7. The van der Waals surface area contributed by atoms with Gasteiger partial charge in [-0.05, 0) is 47.4 Å². The minimum Gasteiger partial charge on any atom is -0.354 e. The van der Waals surface area contributed by atoms with E-state index in [1.807, 2.05) is 71.6 Å². The Hall–Kier alpha value is -3.82. The van der Waals surface area contributed by atoms with Crippen LogP contribution in [-0.4, -0.2) is 22.3 Å². The van der Waals surface area contributed by atoms with Crippen molar-refractivity contribution in [3.8, 4) is 11.3 Å². The summed E-state index contributed by atoms with van der Waals surface area (Å²) in [7, 11) is 0. The highest BCUT2D eigenvalue weighted by atomic mass is 35.5. The van der Waals surface area contributed by atoms with Gasteiger partial charge in [0.05, 0.1) is 11.7 Å². The number of para-hydroxylation sites is 1. The zero-order valence-electron chi connectivity index (χ0n) is 18.5. The summed E-state index contributed by atoms with van der Waals surface area (Å²) >= 11 is 6.19. The Bertz CT molecular complexity index is 1490. The molecule has 34 heavy (non-hydrogen) atoms. The fourth-order valence-corrected chi connectivity index (χ4v) is 5.22. The van der Waals surface area contributed by atoms with Crippen LogP contribution in [0, 0.1) is 0 Å². The lowest BCUT2D eigenvalue weighted by atomic mass is 9.93. The number of amides is 1. The van der Waals surface area contributed by atoms with E-state index in [0.29, 0.717) is 11.6 Å². The summed E-state index contributed by atoms with van der Waals surface area (Å²) < 4.78 is 0. The molecule has 6 rings (SSSR count). The number of aromatic nitrogens is 1. The molecule has 4 aromatic carbocycles. The summed E-state index contributed by atoms with van der Waals surface area (Å²) in [6.07, 6.45) is 0.801. The highest BCUT2D eigenvalue weighted by Gasteiger charge is 2.39. The summed E-state index contributed by atoms with van der Waals surface area (Å²) in [5, 5.41) is 1.83. The van der Waals surface area contributed by atoms with Gasteiger partial charge < -0.3 is 9.88 Å². The van der Waals surface area contributed by atoms with Crippen LogP contribution in [0.15, 0.2) is 103 Å². The smallest absolute Gasteiger partial charge is 0.255 e. The summed E-state index contributed by atoms with van der Waals surface area (Å²) in [6, 6.07) is 34.4. The largest absolute Gasteiger partial charge is 0.354 e. The number of aromatic amines is 1. The van der Waals surface area contributed by atoms with E-state index >= 15 is 0 Å². The van der Waals surface area contributed by atoms with E-state index in [9.17, 15) is 4.79 Å². The van der Waals surface area contributed by atoms with Gasteiger partial charge in [0.25, 0.3) is 5.91 Å². The van der Waals surface area contributed by atoms with Crippen LogP contribution in [0.2, 0.25) is 5.02 Å². The molecule has 1 aliphatic rings. The van der Waals surface area contributed by atoms with E-state index in [4.69, 9.17) is 11.6 Å². The lowest BCUT2D eigenvalue weighted by Gasteiger charge is -2.27. The molecule has 166 valence electrons. The average Bonchev–Trinajstić information content (AvgIpc) is 3.39. The number of halogens is 1. The summed E-state index contributed by atoms with van der Waals surface area (Å²) in [5.41, 5.74) is 7.33. The van der Waals surface area contributed by atoms with Crippen molar-refractivity contribution in [2.24, 2.45) is 0 Å². The van der Waals surface area contributed by atoms with Crippen molar-refractivity contribution in [2.75, 3.05) is 6.54 Å². The van der Waals surface area contributed by atoms with Gasteiger partial charge in [0.2, 0.25) is 0 Å². The van der Waals surface area contributed by atoms with Gasteiger partial charge in [-0.1, -0.05) is 90.5 Å². The SMILES string of the molecule is O=C1c2ccccc2C(c2c(-c3ccc(Cl)cc3)[nH]c3ccccc23)N1CCc1ccccc1.